The van der Waals surface area contributed by atoms with Gasteiger partial charge in [-0.1, -0.05) is 6.07 Å². The lowest BCUT2D eigenvalue weighted by atomic mass is 9.97. The SMILES string of the molecule is CN=C(NCc1cccs1)NCC1CCN(C)CC1. The minimum Gasteiger partial charge on any atom is -0.356 e. The van der Waals surface area contributed by atoms with Crippen molar-refractivity contribution in [3.63, 3.8) is 0 Å². The summed E-state index contributed by atoms with van der Waals surface area (Å²) in [7, 11) is 4.03. The Kier molecular flexibility index (Phi) is 5.66. The lowest BCUT2D eigenvalue weighted by molar-refractivity contribution is 0.220. The number of guanidine groups is 1. The van der Waals surface area contributed by atoms with Crippen LogP contribution in [0.25, 0.3) is 0 Å². The van der Waals surface area contributed by atoms with E-state index in [9.17, 15) is 0 Å². The largest absolute Gasteiger partial charge is 0.356 e. The van der Waals surface area contributed by atoms with E-state index in [1.165, 1.54) is 30.8 Å². The fraction of sp³-hybridized carbons (Fsp3) is 0.643. The van der Waals surface area contributed by atoms with Crippen LogP contribution in [-0.2, 0) is 6.54 Å². The Bertz CT molecular complexity index is 380. The van der Waals surface area contributed by atoms with Gasteiger partial charge in [0.2, 0.25) is 0 Å². The molecule has 0 aromatic carbocycles. The van der Waals surface area contributed by atoms with Gasteiger partial charge in [0, 0.05) is 18.5 Å². The van der Waals surface area contributed by atoms with Crippen molar-refractivity contribution in [1.29, 1.82) is 0 Å². The zero-order chi connectivity index (χ0) is 13.5. The van der Waals surface area contributed by atoms with Crippen molar-refractivity contribution >= 4 is 17.3 Å². The molecule has 2 N–H and O–H groups in total. The first-order valence-electron chi connectivity index (χ1n) is 6.93. The maximum absolute atomic E-state index is 4.28. The summed E-state index contributed by atoms with van der Waals surface area (Å²) < 4.78 is 0. The molecule has 19 heavy (non-hydrogen) atoms. The average molecular weight is 280 g/mol. The molecule has 0 bridgehead atoms. The fourth-order valence-electron chi connectivity index (χ4n) is 2.31. The molecule has 0 unspecified atom stereocenters. The highest BCUT2D eigenvalue weighted by atomic mass is 32.1. The summed E-state index contributed by atoms with van der Waals surface area (Å²) in [4.78, 5) is 8.01. The van der Waals surface area contributed by atoms with Crippen LogP contribution in [0.5, 0.6) is 0 Å². The predicted molar refractivity (Wildman–Crippen MR) is 82.7 cm³/mol. The average Bonchev–Trinajstić information content (AvgIpc) is 2.94. The molecule has 1 aromatic rings. The molecule has 1 aliphatic rings. The number of hydrogen-bond acceptors (Lipinski definition) is 3. The monoisotopic (exact) mass is 280 g/mol. The lowest BCUT2D eigenvalue weighted by Gasteiger charge is -2.29. The van der Waals surface area contributed by atoms with Crippen LogP contribution in [0.15, 0.2) is 22.5 Å². The van der Waals surface area contributed by atoms with Crippen molar-refractivity contribution < 1.29 is 0 Å². The molecule has 0 spiro atoms. The molecule has 5 heteroatoms. The Balaban J connectivity index is 1.68. The molecular weight excluding hydrogens is 256 g/mol. The van der Waals surface area contributed by atoms with Gasteiger partial charge in [0.1, 0.15) is 0 Å². The highest BCUT2D eigenvalue weighted by Crippen LogP contribution is 2.14. The molecule has 0 aliphatic carbocycles. The predicted octanol–water partition coefficient (Wildman–Crippen LogP) is 1.75. The zero-order valence-corrected chi connectivity index (χ0v) is 12.7. The number of thiophene rings is 1. The van der Waals surface area contributed by atoms with E-state index in [4.69, 9.17) is 0 Å². The zero-order valence-electron chi connectivity index (χ0n) is 11.9. The van der Waals surface area contributed by atoms with Crippen LogP contribution in [0.3, 0.4) is 0 Å². The number of hydrogen-bond donors (Lipinski definition) is 2. The third-order valence-electron chi connectivity index (χ3n) is 3.63. The van der Waals surface area contributed by atoms with Crippen molar-refractivity contribution in [2.45, 2.75) is 19.4 Å². The summed E-state index contributed by atoms with van der Waals surface area (Å²) in [6, 6.07) is 4.22. The number of rotatable bonds is 4. The minimum absolute atomic E-state index is 0.775. The third-order valence-corrected chi connectivity index (χ3v) is 4.51. The van der Waals surface area contributed by atoms with E-state index in [0.717, 1.165) is 25.0 Å². The van der Waals surface area contributed by atoms with Gasteiger partial charge >= 0.3 is 0 Å². The van der Waals surface area contributed by atoms with Crippen LogP contribution in [-0.4, -0.2) is 44.6 Å². The van der Waals surface area contributed by atoms with E-state index in [1.807, 2.05) is 7.05 Å². The molecule has 2 heterocycles. The van der Waals surface area contributed by atoms with Gasteiger partial charge in [0.25, 0.3) is 0 Å². The number of likely N-dealkylation sites (tertiary alicyclic amines) is 1. The van der Waals surface area contributed by atoms with Crippen molar-refractivity contribution in [2.24, 2.45) is 10.9 Å². The second-order valence-corrected chi connectivity index (χ2v) is 6.16. The molecule has 1 saturated heterocycles. The van der Waals surface area contributed by atoms with Crippen LogP contribution in [0.2, 0.25) is 0 Å². The fourth-order valence-corrected chi connectivity index (χ4v) is 2.96. The van der Waals surface area contributed by atoms with E-state index < -0.39 is 0 Å². The van der Waals surface area contributed by atoms with Gasteiger partial charge in [0.15, 0.2) is 5.96 Å². The van der Waals surface area contributed by atoms with Crippen molar-refractivity contribution in [3.8, 4) is 0 Å². The summed E-state index contributed by atoms with van der Waals surface area (Å²) in [5.74, 6) is 1.68. The molecule has 0 saturated carbocycles. The third kappa shape index (κ3) is 4.84. The quantitative estimate of drug-likeness (QED) is 0.652. The van der Waals surface area contributed by atoms with Crippen molar-refractivity contribution in [3.05, 3.63) is 22.4 Å². The Labute approximate surface area is 119 Å². The Morgan fingerprint density at radius 3 is 2.84 bits per heavy atom. The summed E-state index contributed by atoms with van der Waals surface area (Å²) in [6.45, 7) is 4.31. The highest BCUT2D eigenvalue weighted by Gasteiger charge is 2.16. The van der Waals surface area contributed by atoms with E-state index in [2.05, 4.69) is 45.1 Å². The smallest absolute Gasteiger partial charge is 0.191 e. The van der Waals surface area contributed by atoms with E-state index in [1.54, 1.807) is 11.3 Å². The molecule has 0 amide bonds. The summed E-state index contributed by atoms with van der Waals surface area (Å²) in [5, 5.41) is 8.90. The Morgan fingerprint density at radius 1 is 1.42 bits per heavy atom. The van der Waals surface area contributed by atoms with Gasteiger partial charge in [-0.3, -0.25) is 4.99 Å². The number of nitrogens with zero attached hydrogens (tertiary/aromatic N) is 2. The summed E-state index contributed by atoms with van der Waals surface area (Å²) in [6.07, 6.45) is 2.57. The normalized spacial score (nSPS) is 18.5. The van der Waals surface area contributed by atoms with Gasteiger partial charge in [-0.15, -0.1) is 11.3 Å². The topological polar surface area (TPSA) is 39.7 Å². The maximum Gasteiger partial charge on any atom is 0.191 e. The van der Waals surface area contributed by atoms with Crippen LogP contribution >= 0.6 is 11.3 Å². The molecule has 1 fully saturated rings. The van der Waals surface area contributed by atoms with Gasteiger partial charge in [-0.05, 0) is 50.3 Å². The van der Waals surface area contributed by atoms with Crippen LogP contribution in [0.1, 0.15) is 17.7 Å². The molecule has 2 rings (SSSR count). The van der Waals surface area contributed by atoms with Crippen LogP contribution < -0.4 is 10.6 Å². The Morgan fingerprint density at radius 2 is 2.21 bits per heavy atom. The summed E-state index contributed by atoms with van der Waals surface area (Å²) >= 11 is 1.77. The molecule has 0 radical (unpaired) electrons. The minimum atomic E-state index is 0.775. The van der Waals surface area contributed by atoms with E-state index in [-0.39, 0.29) is 0 Å². The molecule has 0 atom stereocenters. The van der Waals surface area contributed by atoms with Gasteiger partial charge in [0.05, 0.1) is 6.54 Å². The maximum atomic E-state index is 4.28. The first-order valence-corrected chi connectivity index (χ1v) is 7.81. The second-order valence-electron chi connectivity index (χ2n) is 5.13. The molecular formula is C14H24N4S. The van der Waals surface area contributed by atoms with Gasteiger partial charge < -0.3 is 15.5 Å². The number of nitrogens with one attached hydrogen (secondary N) is 2. The molecule has 4 nitrogen and oxygen atoms in total. The first-order chi connectivity index (χ1) is 9.28. The van der Waals surface area contributed by atoms with Crippen molar-refractivity contribution in [1.82, 2.24) is 15.5 Å². The van der Waals surface area contributed by atoms with Gasteiger partial charge in [-0.25, -0.2) is 0 Å². The van der Waals surface area contributed by atoms with Crippen molar-refractivity contribution in [2.75, 3.05) is 33.7 Å². The Hall–Kier alpha value is -1.07. The lowest BCUT2D eigenvalue weighted by Crippen LogP contribution is -2.41. The highest BCUT2D eigenvalue weighted by molar-refractivity contribution is 7.09. The second kappa shape index (κ2) is 7.50. The molecule has 1 aromatic heterocycles. The van der Waals surface area contributed by atoms with Crippen LogP contribution in [0, 0.1) is 5.92 Å². The number of piperidine rings is 1. The molecule has 1 aliphatic heterocycles. The number of aliphatic imine (C=N–C) groups is 1. The van der Waals surface area contributed by atoms with Crippen LogP contribution in [0.4, 0.5) is 0 Å². The summed E-state index contributed by atoms with van der Waals surface area (Å²) in [5.41, 5.74) is 0. The van der Waals surface area contributed by atoms with E-state index >= 15 is 0 Å². The van der Waals surface area contributed by atoms with Gasteiger partial charge in [-0.2, -0.15) is 0 Å². The first kappa shape index (κ1) is 14.3. The standard InChI is InChI=1S/C14H24N4S/c1-15-14(17-11-13-4-3-9-19-13)16-10-12-5-7-18(2)8-6-12/h3-4,9,12H,5-8,10-11H2,1-2H3,(H2,15,16,17). The van der Waals surface area contributed by atoms with E-state index in [0.29, 0.717) is 0 Å². The molecule has 106 valence electrons.